The number of para-hydroxylation sites is 1. The van der Waals surface area contributed by atoms with Crippen LogP contribution in [0.4, 0.5) is 0 Å². The van der Waals surface area contributed by atoms with Crippen LogP contribution in [0.15, 0.2) is 85.0 Å². The molecule has 0 aliphatic carbocycles. The summed E-state index contributed by atoms with van der Waals surface area (Å²) in [5.74, 6) is -0.0114. The van der Waals surface area contributed by atoms with Crippen LogP contribution >= 0.6 is 11.6 Å². The summed E-state index contributed by atoms with van der Waals surface area (Å²) >= 11 is 6.02. The molecule has 0 aliphatic rings. The summed E-state index contributed by atoms with van der Waals surface area (Å²) in [6.07, 6.45) is 1.45. The standard InChI is InChI=1S/C23H13ClO6/c24-14-7-8-18-15(11-14)21(26)23(22(30-18)19-6-3-9-27-19)28-12-16(25)20-10-13-4-1-2-5-17(13)29-20/h1-11H,12H2. The van der Waals surface area contributed by atoms with Gasteiger partial charge < -0.3 is 18.0 Å². The number of carbonyl (C=O) groups excluding carboxylic acids is 1. The number of hydrogen-bond acceptors (Lipinski definition) is 6. The van der Waals surface area contributed by atoms with E-state index < -0.39 is 17.8 Å². The molecule has 0 saturated carbocycles. The first-order valence-electron chi connectivity index (χ1n) is 9.05. The summed E-state index contributed by atoms with van der Waals surface area (Å²) in [5.41, 5.74) is 0.464. The van der Waals surface area contributed by atoms with E-state index in [4.69, 9.17) is 29.6 Å². The van der Waals surface area contributed by atoms with E-state index in [0.717, 1.165) is 5.39 Å². The molecule has 0 N–H and O–H groups in total. The molecule has 30 heavy (non-hydrogen) atoms. The first-order chi connectivity index (χ1) is 14.6. The van der Waals surface area contributed by atoms with Gasteiger partial charge in [-0.3, -0.25) is 9.59 Å². The first kappa shape index (κ1) is 18.3. The Morgan fingerprint density at radius 2 is 1.83 bits per heavy atom. The Hall–Kier alpha value is -3.77. The lowest BCUT2D eigenvalue weighted by Gasteiger charge is -2.09. The second-order valence-electron chi connectivity index (χ2n) is 6.57. The molecule has 0 fully saturated rings. The van der Waals surface area contributed by atoms with Gasteiger partial charge in [-0.25, -0.2) is 0 Å². The molecule has 0 atom stereocenters. The van der Waals surface area contributed by atoms with Crippen LogP contribution in [0.5, 0.6) is 5.75 Å². The zero-order valence-electron chi connectivity index (χ0n) is 15.4. The maximum absolute atomic E-state index is 13.1. The zero-order chi connectivity index (χ0) is 20.7. The van der Waals surface area contributed by atoms with Crippen molar-refractivity contribution < 1.29 is 22.8 Å². The quantitative estimate of drug-likeness (QED) is 0.338. The lowest BCUT2D eigenvalue weighted by atomic mass is 10.2. The van der Waals surface area contributed by atoms with Crippen molar-refractivity contribution in [1.29, 1.82) is 0 Å². The third-order valence-corrected chi connectivity index (χ3v) is 4.84. The number of Topliss-reactive ketones (excluding diaryl/α,β-unsaturated/α-hetero) is 1. The van der Waals surface area contributed by atoms with Crippen molar-refractivity contribution in [3.8, 4) is 17.3 Å². The summed E-state index contributed by atoms with van der Waals surface area (Å²) in [6.45, 7) is -0.412. The van der Waals surface area contributed by atoms with Crippen LogP contribution in [0.25, 0.3) is 33.5 Å². The van der Waals surface area contributed by atoms with Crippen molar-refractivity contribution >= 4 is 39.3 Å². The number of ketones is 1. The van der Waals surface area contributed by atoms with Gasteiger partial charge in [0, 0.05) is 10.4 Å². The molecule has 0 aliphatic heterocycles. The van der Waals surface area contributed by atoms with E-state index in [1.54, 1.807) is 36.4 Å². The van der Waals surface area contributed by atoms with Gasteiger partial charge in [0.15, 0.2) is 18.1 Å². The van der Waals surface area contributed by atoms with Crippen LogP contribution in [0.3, 0.4) is 0 Å². The first-order valence-corrected chi connectivity index (χ1v) is 9.43. The van der Waals surface area contributed by atoms with E-state index in [0.29, 0.717) is 21.9 Å². The average Bonchev–Trinajstić information content (AvgIpc) is 3.43. The van der Waals surface area contributed by atoms with Gasteiger partial charge in [0.25, 0.3) is 0 Å². The number of carbonyl (C=O) groups is 1. The highest BCUT2D eigenvalue weighted by Crippen LogP contribution is 2.32. The molecular weight excluding hydrogens is 408 g/mol. The maximum atomic E-state index is 13.1. The number of hydrogen-bond donors (Lipinski definition) is 0. The third-order valence-electron chi connectivity index (χ3n) is 4.60. The van der Waals surface area contributed by atoms with Crippen LogP contribution in [0.2, 0.25) is 5.02 Å². The van der Waals surface area contributed by atoms with Gasteiger partial charge in [-0.2, -0.15) is 0 Å². The van der Waals surface area contributed by atoms with Gasteiger partial charge in [0.05, 0.1) is 11.6 Å². The second kappa shape index (κ2) is 7.24. The Balaban J connectivity index is 1.54. The average molecular weight is 421 g/mol. The molecule has 0 bridgehead atoms. The fraction of sp³-hybridized carbons (Fsp3) is 0.0435. The van der Waals surface area contributed by atoms with Gasteiger partial charge in [0.2, 0.25) is 22.7 Å². The molecule has 3 heterocycles. The molecule has 0 amide bonds. The highest BCUT2D eigenvalue weighted by atomic mass is 35.5. The lowest BCUT2D eigenvalue weighted by molar-refractivity contribution is 0.0894. The number of ether oxygens (including phenoxy) is 1. The van der Waals surface area contributed by atoms with Crippen LogP contribution in [-0.2, 0) is 0 Å². The van der Waals surface area contributed by atoms with E-state index in [1.807, 2.05) is 18.2 Å². The van der Waals surface area contributed by atoms with E-state index in [2.05, 4.69) is 0 Å². The molecule has 5 aromatic rings. The van der Waals surface area contributed by atoms with Crippen LogP contribution < -0.4 is 10.2 Å². The van der Waals surface area contributed by atoms with Crippen molar-refractivity contribution in [3.63, 3.8) is 0 Å². The molecule has 5 rings (SSSR count). The van der Waals surface area contributed by atoms with E-state index in [-0.39, 0.29) is 22.7 Å². The number of furan rings is 2. The minimum Gasteiger partial charge on any atom is -0.478 e. The molecule has 6 nitrogen and oxygen atoms in total. The number of rotatable bonds is 5. The van der Waals surface area contributed by atoms with Crippen molar-refractivity contribution in [2.75, 3.05) is 6.61 Å². The molecule has 0 radical (unpaired) electrons. The van der Waals surface area contributed by atoms with E-state index in [9.17, 15) is 9.59 Å². The Morgan fingerprint density at radius 3 is 2.63 bits per heavy atom. The smallest absolute Gasteiger partial charge is 0.235 e. The molecule has 0 spiro atoms. The minimum atomic E-state index is -0.456. The van der Waals surface area contributed by atoms with Gasteiger partial charge in [0.1, 0.15) is 11.2 Å². The molecule has 148 valence electrons. The van der Waals surface area contributed by atoms with E-state index in [1.165, 1.54) is 12.3 Å². The Labute approximate surface area is 174 Å². The van der Waals surface area contributed by atoms with E-state index >= 15 is 0 Å². The van der Waals surface area contributed by atoms with Gasteiger partial charge in [-0.05, 0) is 42.5 Å². The zero-order valence-corrected chi connectivity index (χ0v) is 16.1. The largest absolute Gasteiger partial charge is 0.478 e. The Kier molecular flexibility index (Phi) is 4.41. The molecular formula is C23H13ClO6. The summed E-state index contributed by atoms with van der Waals surface area (Å²) in [4.78, 5) is 25.7. The summed E-state index contributed by atoms with van der Waals surface area (Å²) in [7, 11) is 0. The van der Waals surface area contributed by atoms with Crippen LogP contribution in [0.1, 0.15) is 10.6 Å². The molecule has 0 unspecified atom stereocenters. The predicted octanol–water partition coefficient (Wildman–Crippen LogP) is 5.71. The normalized spacial score (nSPS) is 11.2. The van der Waals surface area contributed by atoms with Crippen molar-refractivity contribution in [3.05, 3.63) is 87.9 Å². The fourth-order valence-corrected chi connectivity index (χ4v) is 3.35. The van der Waals surface area contributed by atoms with Crippen molar-refractivity contribution in [2.24, 2.45) is 0 Å². The molecule has 2 aromatic carbocycles. The Bertz CT molecular complexity index is 1410. The summed E-state index contributed by atoms with van der Waals surface area (Å²) in [5, 5.41) is 1.42. The third kappa shape index (κ3) is 3.17. The topological polar surface area (TPSA) is 82.8 Å². The summed E-state index contributed by atoms with van der Waals surface area (Å²) < 4.78 is 22.4. The van der Waals surface area contributed by atoms with Gasteiger partial charge in [-0.15, -0.1) is 0 Å². The number of benzene rings is 2. The minimum absolute atomic E-state index is 0.0947. The molecule has 7 heteroatoms. The number of halogens is 1. The maximum Gasteiger partial charge on any atom is 0.235 e. The lowest BCUT2D eigenvalue weighted by Crippen LogP contribution is -2.16. The summed E-state index contributed by atoms with van der Waals surface area (Å²) in [6, 6.07) is 16.9. The highest BCUT2D eigenvalue weighted by molar-refractivity contribution is 6.31. The monoisotopic (exact) mass is 420 g/mol. The van der Waals surface area contributed by atoms with Gasteiger partial charge >= 0.3 is 0 Å². The van der Waals surface area contributed by atoms with Crippen LogP contribution in [-0.4, -0.2) is 12.4 Å². The SMILES string of the molecule is O=C(COc1c(-c2ccco2)oc2ccc(Cl)cc2c1=O)c1cc2ccccc2o1. The predicted molar refractivity (Wildman–Crippen MR) is 111 cm³/mol. The highest BCUT2D eigenvalue weighted by Gasteiger charge is 2.22. The number of fused-ring (bicyclic) bond motifs is 2. The van der Waals surface area contributed by atoms with Gasteiger partial charge in [-0.1, -0.05) is 29.8 Å². The molecule has 0 saturated heterocycles. The van der Waals surface area contributed by atoms with Crippen molar-refractivity contribution in [2.45, 2.75) is 0 Å². The molecule has 3 aromatic heterocycles. The Morgan fingerprint density at radius 1 is 0.967 bits per heavy atom. The second-order valence-corrected chi connectivity index (χ2v) is 7.00. The van der Waals surface area contributed by atoms with Crippen LogP contribution in [0, 0.1) is 0 Å². The van der Waals surface area contributed by atoms with Crippen molar-refractivity contribution in [1.82, 2.24) is 0 Å². The fourth-order valence-electron chi connectivity index (χ4n) is 3.18.